The monoisotopic (exact) mass is 388 g/mol. The predicted molar refractivity (Wildman–Crippen MR) is 102 cm³/mol. The molecule has 7 nitrogen and oxygen atoms in total. The molecule has 1 saturated heterocycles. The summed E-state index contributed by atoms with van der Waals surface area (Å²) in [6.07, 6.45) is 2.86. The molecule has 0 unspecified atom stereocenters. The van der Waals surface area contributed by atoms with Crippen LogP contribution in [0, 0.1) is 5.82 Å². The van der Waals surface area contributed by atoms with Gasteiger partial charge in [-0.2, -0.15) is 9.37 Å². The van der Waals surface area contributed by atoms with E-state index in [-0.39, 0.29) is 18.0 Å². The lowest BCUT2D eigenvalue weighted by atomic mass is 10.1. The van der Waals surface area contributed by atoms with Crippen molar-refractivity contribution < 1.29 is 18.7 Å². The minimum atomic E-state index is -0.521. The Bertz CT molecular complexity index is 801. The summed E-state index contributed by atoms with van der Waals surface area (Å²) in [5, 5.41) is 2.92. The number of carbonyl (C=O) groups excluding carboxylic acids is 1. The van der Waals surface area contributed by atoms with Gasteiger partial charge in [-0.05, 0) is 30.5 Å². The third-order valence-electron chi connectivity index (χ3n) is 4.72. The summed E-state index contributed by atoms with van der Waals surface area (Å²) in [5.74, 6) is 0.244. The molecule has 1 atom stereocenters. The highest BCUT2D eigenvalue weighted by Gasteiger charge is 2.28. The van der Waals surface area contributed by atoms with E-state index in [0.29, 0.717) is 38.2 Å². The highest BCUT2D eigenvalue weighted by molar-refractivity contribution is 5.74. The number of methoxy groups -OCH3 is 1. The summed E-state index contributed by atoms with van der Waals surface area (Å²) in [4.78, 5) is 21.8. The van der Waals surface area contributed by atoms with Crippen molar-refractivity contribution >= 4 is 6.03 Å². The van der Waals surface area contributed by atoms with E-state index in [0.717, 1.165) is 17.7 Å². The van der Waals surface area contributed by atoms with Crippen LogP contribution in [-0.2, 0) is 12.8 Å². The summed E-state index contributed by atoms with van der Waals surface area (Å²) in [5.41, 5.74) is 1.45. The molecule has 3 rings (SSSR count). The van der Waals surface area contributed by atoms with E-state index in [1.165, 1.54) is 6.33 Å². The van der Waals surface area contributed by atoms with Crippen molar-refractivity contribution in [3.63, 3.8) is 0 Å². The maximum Gasteiger partial charge on any atom is 0.317 e. The van der Waals surface area contributed by atoms with Crippen molar-refractivity contribution in [3.05, 3.63) is 47.7 Å². The minimum absolute atomic E-state index is 0.0430. The third kappa shape index (κ3) is 4.88. The first kappa shape index (κ1) is 19.9. The van der Waals surface area contributed by atoms with Gasteiger partial charge in [0.05, 0.1) is 19.3 Å². The van der Waals surface area contributed by atoms with Crippen LogP contribution in [0.25, 0.3) is 0 Å². The van der Waals surface area contributed by atoms with Gasteiger partial charge in [0.15, 0.2) is 0 Å². The van der Waals surface area contributed by atoms with Crippen molar-refractivity contribution in [2.75, 3.05) is 26.7 Å². The fraction of sp³-hybridized carbons (Fsp3) is 0.450. The number of hydrogen-bond donors (Lipinski definition) is 1. The molecule has 2 amide bonds. The van der Waals surface area contributed by atoms with Crippen LogP contribution < -0.4 is 14.8 Å². The second-order valence-corrected chi connectivity index (χ2v) is 6.60. The lowest BCUT2D eigenvalue weighted by molar-refractivity contribution is 0.177. The van der Waals surface area contributed by atoms with Crippen LogP contribution in [0.5, 0.6) is 11.6 Å². The second-order valence-electron chi connectivity index (χ2n) is 6.60. The van der Waals surface area contributed by atoms with Crippen molar-refractivity contribution in [3.8, 4) is 11.6 Å². The lowest BCUT2D eigenvalue weighted by Gasteiger charge is -2.18. The molecule has 8 heteroatoms. The van der Waals surface area contributed by atoms with E-state index in [9.17, 15) is 9.18 Å². The molecule has 28 heavy (non-hydrogen) atoms. The molecule has 0 spiro atoms. The number of likely N-dealkylation sites (tertiary alicyclic amines) is 1. The number of benzene rings is 1. The highest BCUT2D eigenvalue weighted by Crippen LogP contribution is 2.21. The summed E-state index contributed by atoms with van der Waals surface area (Å²) < 4.78 is 25.0. The first-order valence-electron chi connectivity index (χ1n) is 9.42. The molecule has 1 fully saturated rings. The van der Waals surface area contributed by atoms with E-state index in [1.807, 2.05) is 31.2 Å². The van der Waals surface area contributed by atoms with Crippen LogP contribution >= 0.6 is 0 Å². The molecular weight excluding hydrogens is 363 g/mol. The van der Waals surface area contributed by atoms with Gasteiger partial charge in [-0.15, -0.1) is 0 Å². The van der Waals surface area contributed by atoms with Crippen LogP contribution in [0.1, 0.15) is 24.6 Å². The second kappa shape index (κ2) is 9.34. The quantitative estimate of drug-likeness (QED) is 0.789. The Morgan fingerprint density at radius 1 is 1.32 bits per heavy atom. The van der Waals surface area contributed by atoms with Crippen molar-refractivity contribution in [2.45, 2.75) is 32.3 Å². The van der Waals surface area contributed by atoms with E-state index < -0.39 is 5.82 Å². The molecule has 150 valence electrons. The van der Waals surface area contributed by atoms with Gasteiger partial charge in [0.2, 0.25) is 5.82 Å². The molecule has 2 aromatic rings. The summed E-state index contributed by atoms with van der Waals surface area (Å²) in [7, 11) is 1.63. The molecule has 1 aromatic heterocycles. The molecule has 2 heterocycles. The topological polar surface area (TPSA) is 76.6 Å². The summed E-state index contributed by atoms with van der Waals surface area (Å²) in [6, 6.07) is 7.61. The Kier molecular flexibility index (Phi) is 6.62. The van der Waals surface area contributed by atoms with E-state index in [1.54, 1.807) is 12.0 Å². The van der Waals surface area contributed by atoms with Gasteiger partial charge in [0, 0.05) is 19.5 Å². The Hall–Kier alpha value is -2.90. The average Bonchev–Trinajstić information content (AvgIpc) is 3.19. The van der Waals surface area contributed by atoms with Gasteiger partial charge >= 0.3 is 6.03 Å². The predicted octanol–water partition coefficient (Wildman–Crippen LogP) is 2.59. The van der Waals surface area contributed by atoms with Crippen LogP contribution in [-0.4, -0.2) is 53.7 Å². The molecule has 1 aliphatic rings. The lowest BCUT2D eigenvalue weighted by Crippen LogP contribution is -2.40. The number of urea groups is 1. The van der Waals surface area contributed by atoms with Crippen molar-refractivity contribution in [1.29, 1.82) is 0 Å². The summed E-state index contributed by atoms with van der Waals surface area (Å²) >= 11 is 0. The average molecular weight is 388 g/mol. The minimum Gasteiger partial charge on any atom is -0.497 e. The highest BCUT2D eigenvalue weighted by atomic mass is 19.1. The van der Waals surface area contributed by atoms with Crippen LogP contribution in [0.15, 0.2) is 30.6 Å². The third-order valence-corrected chi connectivity index (χ3v) is 4.72. The number of amides is 2. The molecule has 1 aliphatic heterocycles. The maximum absolute atomic E-state index is 14.2. The summed E-state index contributed by atoms with van der Waals surface area (Å²) in [6.45, 7) is 3.32. The molecule has 0 aliphatic carbocycles. The number of hydrogen-bond acceptors (Lipinski definition) is 5. The Morgan fingerprint density at radius 3 is 2.82 bits per heavy atom. The van der Waals surface area contributed by atoms with Crippen LogP contribution in [0.3, 0.4) is 0 Å². The number of carbonyl (C=O) groups is 1. The van der Waals surface area contributed by atoms with Gasteiger partial charge < -0.3 is 19.7 Å². The number of ether oxygens (including phenoxy) is 2. The molecule has 1 aromatic carbocycles. The number of halogens is 1. The fourth-order valence-electron chi connectivity index (χ4n) is 3.10. The molecule has 0 bridgehead atoms. The number of aromatic nitrogens is 2. The zero-order valence-corrected chi connectivity index (χ0v) is 16.2. The first-order valence-corrected chi connectivity index (χ1v) is 9.42. The fourth-order valence-corrected chi connectivity index (χ4v) is 3.10. The zero-order chi connectivity index (χ0) is 19.9. The van der Waals surface area contributed by atoms with Gasteiger partial charge in [0.25, 0.3) is 5.88 Å². The van der Waals surface area contributed by atoms with Crippen LogP contribution in [0.4, 0.5) is 9.18 Å². The Morgan fingerprint density at radius 2 is 2.11 bits per heavy atom. The number of rotatable bonds is 7. The van der Waals surface area contributed by atoms with Crippen molar-refractivity contribution in [2.24, 2.45) is 0 Å². The van der Waals surface area contributed by atoms with Gasteiger partial charge in [-0.1, -0.05) is 19.1 Å². The molecule has 1 N–H and O–H groups in total. The SMILES string of the molecule is CCc1ncnc(O[C@@H]2CCN(C(=O)NCCc3ccc(OC)cc3)C2)c1F. The Balaban J connectivity index is 1.45. The largest absolute Gasteiger partial charge is 0.497 e. The first-order chi connectivity index (χ1) is 13.6. The molecule has 0 radical (unpaired) electrons. The van der Waals surface area contributed by atoms with E-state index in [4.69, 9.17) is 9.47 Å². The smallest absolute Gasteiger partial charge is 0.317 e. The van der Waals surface area contributed by atoms with E-state index >= 15 is 0 Å². The van der Waals surface area contributed by atoms with Gasteiger partial charge in [0.1, 0.15) is 18.2 Å². The normalized spacial score (nSPS) is 16.1. The van der Waals surface area contributed by atoms with Gasteiger partial charge in [-0.25, -0.2) is 9.78 Å². The van der Waals surface area contributed by atoms with Crippen LogP contribution in [0.2, 0.25) is 0 Å². The van der Waals surface area contributed by atoms with Crippen molar-refractivity contribution in [1.82, 2.24) is 20.2 Å². The number of aryl methyl sites for hydroxylation is 1. The Labute approximate surface area is 163 Å². The molecule has 0 saturated carbocycles. The maximum atomic E-state index is 14.2. The number of nitrogens with one attached hydrogen (secondary N) is 1. The number of nitrogens with zero attached hydrogens (tertiary/aromatic N) is 3. The molecular formula is C20H25FN4O3. The van der Waals surface area contributed by atoms with Gasteiger partial charge in [-0.3, -0.25) is 0 Å². The van der Waals surface area contributed by atoms with E-state index in [2.05, 4.69) is 15.3 Å². The standard InChI is InChI=1S/C20H25FN4O3/c1-3-17-18(21)19(24-13-23-17)28-16-9-11-25(12-16)20(26)22-10-8-14-4-6-15(27-2)7-5-14/h4-7,13,16H,3,8-12H2,1-2H3,(H,22,26)/t16-/m1/s1. The zero-order valence-electron chi connectivity index (χ0n) is 16.2.